The molecular formula is C13H13BrO. The maximum Gasteiger partial charge on any atom is 0.113 e. The van der Waals surface area contributed by atoms with E-state index in [2.05, 4.69) is 34.1 Å². The van der Waals surface area contributed by atoms with Gasteiger partial charge in [-0.3, -0.25) is 0 Å². The number of benzene rings is 1. The Labute approximate surface area is 98.6 Å². The van der Waals surface area contributed by atoms with Crippen LogP contribution in [0.15, 0.2) is 52.7 Å². The molecule has 1 aromatic rings. The molecule has 1 aliphatic carbocycles. The Bertz CT molecular complexity index is 379. The molecule has 0 aliphatic heterocycles. The molecule has 0 amide bonds. The summed E-state index contributed by atoms with van der Waals surface area (Å²) in [5, 5.41) is 0. The first-order valence-electron chi connectivity index (χ1n) is 5.06. The average molecular weight is 265 g/mol. The van der Waals surface area contributed by atoms with E-state index in [0.29, 0.717) is 6.61 Å². The minimum atomic E-state index is 0.665. The molecule has 0 saturated carbocycles. The Balaban J connectivity index is 1.89. The van der Waals surface area contributed by atoms with E-state index in [0.717, 1.165) is 18.6 Å². The van der Waals surface area contributed by atoms with E-state index >= 15 is 0 Å². The van der Waals surface area contributed by atoms with Crippen LogP contribution in [0.4, 0.5) is 0 Å². The van der Waals surface area contributed by atoms with Gasteiger partial charge in [0.25, 0.3) is 0 Å². The van der Waals surface area contributed by atoms with E-state index in [4.69, 9.17) is 4.74 Å². The van der Waals surface area contributed by atoms with Crippen LogP contribution >= 0.6 is 15.9 Å². The largest absolute Gasteiger partial charge is 0.493 e. The van der Waals surface area contributed by atoms with Gasteiger partial charge in [0.1, 0.15) is 6.61 Å². The zero-order valence-electron chi connectivity index (χ0n) is 8.45. The average Bonchev–Trinajstić information content (AvgIpc) is 2.30. The fourth-order valence-corrected chi connectivity index (χ4v) is 1.79. The van der Waals surface area contributed by atoms with E-state index in [1.165, 1.54) is 10.0 Å². The van der Waals surface area contributed by atoms with Crippen molar-refractivity contribution in [3.63, 3.8) is 0 Å². The van der Waals surface area contributed by atoms with Gasteiger partial charge in [-0.15, -0.1) is 0 Å². The summed E-state index contributed by atoms with van der Waals surface area (Å²) in [4.78, 5) is 0. The van der Waals surface area contributed by atoms with Crippen molar-refractivity contribution in [2.75, 3.05) is 0 Å². The smallest absolute Gasteiger partial charge is 0.113 e. The lowest BCUT2D eigenvalue weighted by molar-refractivity contribution is 0.188. The fraction of sp³-hybridized carbons (Fsp3) is 0.231. The number of hydrogen-bond donors (Lipinski definition) is 0. The molecule has 0 aromatic heterocycles. The van der Waals surface area contributed by atoms with Gasteiger partial charge in [0, 0.05) is 6.42 Å². The van der Waals surface area contributed by atoms with Crippen molar-refractivity contribution in [2.24, 2.45) is 0 Å². The van der Waals surface area contributed by atoms with Crippen LogP contribution in [0.1, 0.15) is 18.4 Å². The molecule has 2 heteroatoms. The molecule has 15 heavy (non-hydrogen) atoms. The number of allylic oxidation sites excluding steroid dienone is 4. The Hall–Kier alpha value is -1.02. The SMILES string of the molecule is BrC1=CC=C(OCc2ccccc2)CC1. The van der Waals surface area contributed by atoms with Gasteiger partial charge in [0.05, 0.1) is 5.76 Å². The van der Waals surface area contributed by atoms with E-state index < -0.39 is 0 Å². The standard InChI is InChI=1S/C13H13BrO/c14-12-6-8-13(9-7-12)15-10-11-4-2-1-3-5-11/h1-6,8H,7,9-10H2. The first-order valence-corrected chi connectivity index (χ1v) is 5.86. The highest BCUT2D eigenvalue weighted by Gasteiger charge is 2.04. The number of halogens is 1. The van der Waals surface area contributed by atoms with E-state index in [9.17, 15) is 0 Å². The van der Waals surface area contributed by atoms with Crippen molar-refractivity contribution >= 4 is 15.9 Å². The molecule has 0 radical (unpaired) electrons. The third-order valence-electron chi connectivity index (χ3n) is 2.33. The molecule has 0 fully saturated rings. The minimum absolute atomic E-state index is 0.665. The molecule has 78 valence electrons. The molecule has 1 aromatic carbocycles. The summed E-state index contributed by atoms with van der Waals surface area (Å²) in [5.74, 6) is 1.07. The maximum absolute atomic E-state index is 5.71. The predicted octanol–water partition coefficient (Wildman–Crippen LogP) is 4.16. The third kappa shape index (κ3) is 3.24. The van der Waals surface area contributed by atoms with Crippen LogP contribution < -0.4 is 0 Å². The molecule has 0 heterocycles. The van der Waals surface area contributed by atoms with Crippen LogP contribution in [0.3, 0.4) is 0 Å². The van der Waals surface area contributed by atoms with Crippen molar-refractivity contribution in [3.8, 4) is 0 Å². The number of rotatable bonds is 3. The summed E-state index contributed by atoms with van der Waals surface area (Å²) in [5.41, 5.74) is 1.21. The van der Waals surface area contributed by atoms with Gasteiger partial charge in [0.15, 0.2) is 0 Å². The second-order valence-electron chi connectivity index (χ2n) is 3.52. The molecule has 0 N–H and O–H groups in total. The lowest BCUT2D eigenvalue weighted by Gasteiger charge is -2.13. The lowest BCUT2D eigenvalue weighted by Crippen LogP contribution is -1.96. The zero-order valence-corrected chi connectivity index (χ0v) is 10.0. The second kappa shape index (κ2) is 5.17. The van der Waals surface area contributed by atoms with E-state index in [-0.39, 0.29) is 0 Å². The first-order chi connectivity index (χ1) is 7.34. The second-order valence-corrected chi connectivity index (χ2v) is 4.54. The molecule has 0 saturated heterocycles. The first kappa shape index (κ1) is 10.5. The molecule has 0 unspecified atom stereocenters. The number of hydrogen-bond acceptors (Lipinski definition) is 1. The Morgan fingerprint density at radius 1 is 1.07 bits per heavy atom. The van der Waals surface area contributed by atoms with Crippen LogP contribution in [0.25, 0.3) is 0 Å². The summed E-state index contributed by atoms with van der Waals surface area (Å²) in [6, 6.07) is 10.2. The molecule has 0 bridgehead atoms. The molecule has 0 atom stereocenters. The Morgan fingerprint density at radius 2 is 1.87 bits per heavy atom. The monoisotopic (exact) mass is 264 g/mol. The molecule has 1 nitrogen and oxygen atoms in total. The Kier molecular flexibility index (Phi) is 3.62. The quantitative estimate of drug-likeness (QED) is 0.797. The predicted molar refractivity (Wildman–Crippen MR) is 65.6 cm³/mol. The molecule has 2 rings (SSSR count). The van der Waals surface area contributed by atoms with Crippen molar-refractivity contribution in [1.29, 1.82) is 0 Å². The van der Waals surface area contributed by atoms with Gasteiger partial charge in [0.2, 0.25) is 0 Å². The van der Waals surface area contributed by atoms with Crippen molar-refractivity contribution < 1.29 is 4.74 Å². The fourth-order valence-electron chi connectivity index (χ4n) is 1.46. The summed E-state index contributed by atoms with van der Waals surface area (Å²) in [6.45, 7) is 0.665. The molecule has 1 aliphatic rings. The van der Waals surface area contributed by atoms with Gasteiger partial charge < -0.3 is 4.74 Å². The highest BCUT2D eigenvalue weighted by Crippen LogP contribution is 2.23. The molecule has 0 spiro atoms. The van der Waals surface area contributed by atoms with E-state index in [1.54, 1.807) is 0 Å². The zero-order chi connectivity index (χ0) is 10.5. The Morgan fingerprint density at radius 3 is 2.53 bits per heavy atom. The van der Waals surface area contributed by atoms with Crippen molar-refractivity contribution in [1.82, 2.24) is 0 Å². The van der Waals surface area contributed by atoms with E-state index in [1.807, 2.05) is 24.3 Å². The van der Waals surface area contributed by atoms with Gasteiger partial charge in [-0.2, -0.15) is 0 Å². The van der Waals surface area contributed by atoms with Crippen LogP contribution in [-0.4, -0.2) is 0 Å². The maximum atomic E-state index is 5.71. The molecular weight excluding hydrogens is 252 g/mol. The van der Waals surface area contributed by atoms with Crippen molar-refractivity contribution in [3.05, 3.63) is 58.3 Å². The summed E-state index contributed by atoms with van der Waals surface area (Å²) in [7, 11) is 0. The van der Waals surface area contributed by atoms with Crippen molar-refractivity contribution in [2.45, 2.75) is 19.4 Å². The van der Waals surface area contributed by atoms with Gasteiger partial charge in [-0.25, -0.2) is 0 Å². The topological polar surface area (TPSA) is 9.23 Å². The van der Waals surface area contributed by atoms with Gasteiger partial charge in [-0.1, -0.05) is 46.3 Å². The highest BCUT2D eigenvalue weighted by molar-refractivity contribution is 9.11. The number of ether oxygens (including phenoxy) is 1. The van der Waals surface area contributed by atoms with Gasteiger partial charge in [-0.05, 0) is 28.6 Å². The van der Waals surface area contributed by atoms with Gasteiger partial charge >= 0.3 is 0 Å². The van der Waals surface area contributed by atoms with Crippen LogP contribution in [0.2, 0.25) is 0 Å². The summed E-state index contributed by atoms with van der Waals surface area (Å²) < 4.78 is 6.96. The van der Waals surface area contributed by atoms with Crippen LogP contribution in [0, 0.1) is 0 Å². The highest BCUT2D eigenvalue weighted by atomic mass is 79.9. The minimum Gasteiger partial charge on any atom is -0.493 e. The summed E-state index contributed by atoms with van der Waals surface area (Å²) in [6.07, 6.45) is 6.13. The normalized spacial score (nSPS) is 15.5. The lowest BCUT2D eigenvalue weighted by atomic mass is 10.1. The van der Waals surface area contributed by atoms with Crippen LogP contribution in [0.5, 0.6) is 0 Å². The summed E-state index contributed by atoms with van der Waals surface area (Å²) >= 11 is 3.47. The third-order valence-corrected chi connectivity index (χ3v) is 2.99. The van der Waals surface area contributed by atoms with Crippen LogP contribution in [-0.2, 0) is 11.3 Å².